The van der Waals surface area contributed by atoms with Crippen molar-refractivity contribution in [3.63, 3.8) is 0 Å². The quantitative estimate of drug-likeness (QED) is 0.706. The molecule has 1 amide bonds. The molecule has 0 bridgehead atoms. The summed E-state index contributed by atoms with van der Waals surface area (Å²) in [6.45, 7) is 1.76. The number of fused-ring (bicyclic) bond motifs is 3. The summed E-state index contributed by atoms with van der Waals surface area (Å²) < 4.78 is 5.96. The molecule has 1 aromatic carbocycles. The minimum absolute atomic E-state index is 0.0565. The van der Waals surface area contributed by atoms with Crippen molar-refractivity contribution in [3.8, 4) is 28.1 Å². The number of carbonyl (C=O) groups excluding carboxylic acids is 1. The van der Waals surface area contributed by atoms with Crippen LogP contribution in [-0.4, -0.2) is 52.7 Å². The van der Waals surface area contributed by atoms with E-state index in [1.54, 1.807) is 18.1 Å². The fraction of sp³-hybridized carbons (Fsp3) is 0.316. The largest absolute Gasteiger partial charge is 0.492 e. The normalized spacial score (nSPS) is 12.7. The maximum Gasteiger partial charge on any atom is 0.282 e. The van der Waals surface area contributed by atoms with Gasteiger partial charge < -0.3 is 15.4 Å². The lowest BCUT2D eigenvalue weighted by atomic mass is 10.0. The molecule has 3 aromatic rings. The molecule has 3 N–H and O–H groups in total. The summed E-state index contributed by atoms with van der Waals surface area (Å²) in [5.74, 6) is 0.729. The van der Waals surface area contributed by atoms with Gasteiger partial charge in [0, 0.05) is 42.2 Å². The zero-order valence-electron chi connectivity index (χ0n) is 15.1. The number of carbonyl (C=O) groups is 1. The number of nitrogens with one attached hydrogen (secondary N) is 1. The summed E-state index contributed by atoms with van der Waals surface area (Å²) in [6, 6.07) is 6.04. The molecular weight excluding hydrogens is 362 g/mol. The number of thiazole rings is 1. The molecule has 0 saturated carbocycles. The maximum atomic E-state index is 12.7. The molecule has 8 heteroatoms. The third-order valence-electron chi connectivity index (χ3n) is 4.58. The Kier molecular flexibility index (Phi) is 4.91. The standard InChI is InChI=1S/C19H21N5O2S/c1-24(7-2-6-20)19(25)18-23-17-14-4-3-12(13-10-21-22-11-13)9-15(14)26-8-5-16(17)27-18/h3-4,9-11H,2,5-8,20H2,1H3,(H,21,22). The second-order valence-corrected chi connectivity index (χ2v) is 7.54. The van der Waals surface area contributed by atoms with Gasteiger partial charge in [0.1, 0.15) is 5.75 Å². The molecule has 4 rings (SSSR count). The number of benzene rings is 1. The number of hydrogen-bond donors (Lipinski definition) is 2. The summed E-state index contributed by atoms with van der Waals surface area (Å²) in [5, 5.41) is 7.34. The number of ether oxygens (including phenoxy) is 1. The summed E-state index contributed by atoms with van der Waals surface area (Å²) in [6.07, 6.45) is 5.14. The molecule has 2 aromatic heterocycles. The van der Waals surface area contributed by atoms with Gasteiger partial charge in [-0.05, 0) is 30.7 Å². The van der Waals surface area contributed by atoms with Crippen molar-refractivity contribution in [1.29, 1.82) is 0 Å². The average molecular weight is 383 g/mol. The van der Waals surface area contributed by atoms with Crippen LogP contribution in [0.1, 0.15) is 21.1 Å². The smallest absolute Gasteiger partial charge is 0.282 e. The van der Waals surface area contributed by atoms with Crippen LogP contribution in [0.4, 0.5) is 0 Å². The first-order valence-electron chi connectivity index (χ1n) is 8.89. The van der Waals surface area contributed by atoms with Crippen LogP contribution < -0.4 is 10.5 Å². The molecule has 0 unspecified atom stereocenters. The van der Waals surface area contributed by atoms with Gasteiger partial charge in [-0.1, -0.05) is 6.07 Å². The highest BCUT2D eigenvalue weighted by Gasteiger charge is 2.24. The van der Waals surface area contributed by atoms with E-state index in [0.29, 0.717) is 24.7 Å². The van der Waals surface area contributed by atoms with Crippen molar-refractivity contribution in [2.24, 2.45) is 5.73 Å². The summed E-state index contributed by atoms with van der Waals surface area (Å²) in [7, 11) is 1.79. The number of aromatic nitrogens is 3. The first-order valence-corrected chi connectivity index (χ1v) is 9.70. The third kappa shape index (κ3) is 3.45. The summed E-state index contributed by atoms with van der Waals surface area (Å²) in [5.41, 5.74) is 9.34. The molecule has 0 atom stereocenters. The zero-order chi connectivity index (χ0) is 18.8. The molecule has 7 nitrogen and oxygen atoms in total. The molecule has 0 fully saturated rings. The Morgan fingerprint density at radius 1 is 1.41 bits per heavy atom. The number of nitrogens with zero attached hydrogens (tertiary/aromatic N) is 3. The van der Waals surface area contributed by atoms with Crippen molar-refractivity contribution in [2.45, 2.75) is 12.8 Å². The van der Waals surface area contributed by atoms with Gasteiger partial charge in [-0.25, -0.2) is 4.98 Å². The highest BCUT2D eigenvalue weighted by Crippen LogP contribution is 2.39. The van der Waals surface area contributed by atoms with Gasteiger partial charge in [0.25, 0.3) is 5.91 Å². The van der Waals surface area contributed by atoms with Gasteiger partial charge in [-0.3, -0.25) is 9.89 Å². The van der Waals surface area contributed by atoms with Crippen LogP contribution >= 0.6 is 11.3 Å². The van der Waals surface area contributed by atoms with Crippen molar-refractivity contribution in [2.75, 3.05) is 26.7 Å². The Bertz CT molecular complexity index is 951. The lowest BCUT2D eigenvalue weighted by Crippen LogP contribution is -2.28. The topological polar surface area (TPSA) is 97.1 Å². The molecule has 27 heavy (non-hydrogen) atoms. The van der Waals surface area contributed by atoms with E-state index in [1.165, 1.54) is 11.3 Å². The molecule has 0 saturated heterocycles. The van der Waals surface area contributed by atoms with Crippen molar-refractivity contribution < 1.29 is 9.53 Å². The first-order chi connectivity index (χ1) is 13.2. The minimum Gasteiger partial charge on any atom is -0.492 e. The number of nitrogens with two attached hydrogens (primary N) is 1. The molecule has 0 radical (unpaired) electrons. The molecule has 0 aliphatic carbocycles. The summed E-state index contributed by atoms with van der Waals surface area (Å²) in [4.78, 5) is 20.1. The van der Waals surface area contributed by atoms with Crippen LogP contribution in [0.3, 0.4) is 0 Å². The van der Waals surface area contributed by atoms with Gasteiger partial charge >= 0.3 is 0 Å². The Morgan fingerprint density at radius 3 is 3.07 bits per heavy atom. The predicted molar refractivity (Wildman–Crippen MR) is 105 cm³/mol. The zero-order valence-corrected chi connectivity index (χ0v) is 15.9. The molecule has 0 spiro atoms. The van der Waals surface area contributed by atoms with Crippen molar-refractivity contribution in [1.82, 2.24) is 20.1 Å². The number of amides is 1. The highest BCUT2D eigenvalue weighted by atomic mass is 32.1. The lowest BCUT2D eigenvalue weighted by molar-refractivity contribution is 0.0794. The van der Waals surface area contributed by atoms with Crippen LogP contribution in [0, 0.1) is 0 Å². The van der Waals surface area contributed by atoms with Crippen LogP contribution in [0.2, 0.25) is 0 Å². The van der Waals surface area contributed by atoms with E-state index in [0.717, 1.165) is 45.9 Å². The third-order valence-corrected chi connectivity index (χ3v) is 5.68. The van der Waals surface area contributed by atoms with E-state index in [9.17, 15) is 4.79 Å². The first kappa shape index (κ1) is 17.7. The number of hydrogen-bond acceptors (Lipinski definition) is 6. The van der Waals surface area contributed by atoms with Gasteiger partial charge in [-0.2, -0.15) is 5.10 Å². The Balaban J connectivity index is 1.67. The Morgan fingerprint density at radius 2 is 2.30 bits per heavy atom. The summed E-state index contributed by atoms with van der Waals surface area (Å²) >= 11 is 1.46. The monoisotopic (exact) mass is 383 g/mol. The maximum absolute atomic E-state index is 12.7. The predicted octanol–water partition coefficient (Wildman–Crippen LogP) is 2.56. The molecule has 140 valence electrons. The fourth-order valence-corrected chi connectivity index (χ4v) is 4.15. The van der Waals surface area contributed by atoms with Crippen LogP contribution in [0.25, 0.3) is 22.4 Å². The van der Waals surface area contributed by atoms with E-state index < -0.39 is 0 Å². The van der Waals surface area contributed by atoms with E-state index >= 15 is 0 Å². The van der Waals surface area contributed by atoms with Crippen molar-refractivity contribution >= 4 is 17.2 Å². The van der Waals surface area contributed by atoms with E-state index in [2.05, 4.69) is 15.2 Å². The van der Waals surface area contributed by atoms with Gasteiger partial charge in [0.05, 0.1) is 18.5 Å². The molecule has 1 aliphatic heterocycles. The van der Waals surface area contributed by atoms with Crippen LogP contribution in [-0.2, 0) is 6.42 Å². The van der Waals surface area contributed by atoms with Gasteiger partial charge in [0.2, 0.25) is 0 Å². The van der Waals surface area contributed by atoms with Gasteiger partial charge in [-0.15, -0.1) is 11.3 Å². The SMILES string of the molecule is CN(CCCN)C(=O)c1nc2c(s1)CCOc1cc(-c3cn[nH]c3)ccc1-2. The lowest BCUT2D eigenvalue weighted by Gasteiger charge is -2.14. The van der Waals surface area contributed by atoms with E-state index in [1.807, 2.05) is 24.4 Å². The number of rotatable bonds is 5. The van der Waals surface area contributed by atoms with Crippen LogP contribution in [0.15, 0.2) is 30.6 Å². The van der Waals surface area contributed by atoms with E-state index in [-0.39, 0.29) is 5.91 Å². The van der Waals surface area contributed by atoms with E-state index in [4.69, 9.17) is 10.5 Å². The highest BCUT2D eigenvalue weighted by molar-refractivity contribution is 7.14. The second-order valence-electron chi connectivity index (χ2n) is 6.46. The second kappa shape index (κ2) is 7.50. The Hall–Kier alpha value is -2.71. The Labute approximate surface area is 161 Å². The number of H-pyrrole nitrogens is 1. The molecule has 1 aliphatic rings. The minimum atomic E-state index is -0.0565. The molecular formula is C19H21N5O2S. The fourth-order valence-electron chi connectivity index (χ4n) is 3.10. The number of aromatic amines is 1. The van der Waals surface area contributed by atoms with Gasteiger partial charge in [0.15, 0.2) is 5.01 Å². The average Bonchev–Trinajstić information content (AvgIpc) is 3.33. The van der Waals surface area contributed by atoms with Crippen LogP contribution in [0.5, 0.6) is 5.75 Å². The molecule has 3 heterocycles. The van der Waals surface area contributed by atoms with Crippen molar-refractivity contribution in [3.05, 3.63) is 40.5 Å².